The van der Waals surface area contributed by atoms with Crippen molar-refractivity contribution in [3.05, 3.63) is 53.9 Å². The number of anilines is 1. The highest BCUT2D eigenvalue weighted by Crippen LogP contribution is 2.31. The molecule has 1 aromatic heterocycles. The van der Waals surface area contributed by atoms with Crippen LogP contribution in [0.3, 0.4) is 0 Å². The number of halogens is 3. The van der Waals surface area contributed by atoms with Gasteiger partial charge in [-0.15, -0.1) is 13.2 Å². The largest absolute Gasteiger partial charge is 0.573 e. The minimum Gasteiger partial charge on any atom is -0.404 e. The first-order valence-corrected chi connectivity index (χ1v) is 11.0. The summed E-state index contributed by atoms with van der Waals surface area (Å²) < 4.78 is 47.7. The third kappa shape index (κ3) is 8.35. The number of carbonyl (C=O) groups excluding carboxylic acids is 2. The lowest BCUT2D eigenvalue weighted by molar-refractivity contribution is -0.274. The lowest BCUT2D eigenvalue weighted by Crippen LogP contribution is -2.41. The Hall–Kier alpha value is -3.49. The molecule has 0 aliphatic carbocycles. The summed E-state index contributed by atoms with van der Waals surface area (Å²) in [5.41, 5.74) is 5.58. The number of thioether (sulfide) groups is 1. The first-order chi connectivity index (χ1) is 16.6. The summed E-state index contributed by atoms with van der Waals surface area (Å²) in [6, 6.07) is 7.91. The Morgan fingerprint density at radius 3 is 2.66 bits per heavy atom. The van der Waals surface area contributed by atoms with Crippen LogP contribution >= 0.6 is 11.8 Å². The van der Waals surface area contributed by atoms with E-state index in [0.29, 0.717) is 43.8 Å². The maximum atomic E-state index is 12.8. The molecule has 1 aliphatic heterocycles. The SMILES string of the molecule is N=C(SC(N)=NC(=O)c1ccc(OC(F)(F)F)c(NC(=O)CN2CCOCC2)c1)c1ccccn1. The summed E-state index contributed by atoms with van der Waals surface area (Å²) in [4.78, 5) is 34.4. The maximum Gasteiger partial charge on any atom is 0.573 e. The van der Waals surface area contributed by atoms with Gasteiger partial charge in [-0.25, -0.2) is 0 Å². The smallest absolute Gasteiger partial charge is 0.404 e. The van der Waals surface area contributed by atoms with Crippen molar-refractivity contribution in [3.63, 3.8) is 0 Å². The van der Waals surface area contributed by atoms with Crippen LogP contribution in [0, 0.1) is 5.41 Å². The molecule has 1 saturated heterocycles. The normalized spacial score (nSPS) is 14.9. The first-order valence-electron chi connectivity index (χ1n) is 10.2. The summed E-state index contributed by atoms with van der Waals surface area (Å²) in [6.07, 6.45) is -3.53. The predicted molar refractivity (Wildman–Crippen MR) is 124 cm³/mol. The van der Waals surface area contributed by atoms with Crippen molar-refractivity contribution in [2.24, 2.45) is 10.7 Å². The molecule has 0 atom stereocenters. The van der Waals surface area contributed by atoms with Crippen LogP contribution < -0.4 is 15.8 Å². The van der Waals surface area contributed by atoms with Crippen LogP contribution in [-0.4, -0.2) is 71.1 Å². The molecule has 10 nitrogen and oxygen atoms in total. The molecule has 14 heteroatoms. The van der Waals surface area contributed by atoms with Crippen LogP contribution in [0.25, 0.3) is 0 Å². The molecule has 3 rings (SSSR count). The number of ether oxygens (including phenoxy) is 2. The summed E-state index contributed by atoms with van der Waals surface area (Å²) in [5.74, 6) is -2.16. The van der Waals surface area contributed by atoms with Gasteiger partial charge in [0, 0.05) is 24.8 Å². The van der Waals surface area contributed by atoms with Gasteiger partial charge in [-0.1, -0.05) is 6.07 Å². The molecule has 1 aromatic carbocycles. The van der Waals surface area contributed by atoms with E-state index in [1.807, 2.05) is 0 Å². The van der Waals surface area contributed by atoms with Gasteiger partial charge in [0.15, 0.2) is 10.9 Å². The molecule has 0 radical (unpaired) electrons. The molecule has 0 spiro atoms. The fourth-order valence-electron chi connectivity index (χ4n) is 2.97. The van der Waals surface area contributed by atoms with E-state index in [1.54, 1.807) is 23.1 Å². The average molecular weight is 510 g/mol. The van der Waals surface area contributed by atoms with Crippen LogP contribution in [0.1, 0.15) is 16.1 Å². The molecule has 4 N–H and O–H groups in total. The number of nitrogens with two attached hydrogens (primary N) is 1. The number of carbonyl (C=O) groups is 2. The molecule has 2 aromatic rings. The third-order valence-corrected chi connectivity index (χ3v) is 5.23. The number of nitrogens with zero attached hydrogens (tertiary/aromatic N) is 3. The fourth-order valence-corrected chi connectivity index (χ4v) is 3.53. The summed E-state index contributed by atoms with van der Waals surface area (Å²) in [5, 5.41) is 10.0. The lowest BCUT2D eigenvalue weighted by atomic mass is 10.1. The zero-order chi connectivity index (χ0) is 25.4. The van der Waals surface area contributed by atoms with Crippen molar-refractivity contribution in [2.75, 3.05) is 38.2 Å². The number of nitrogens with one attached hydrogen (secondary N) is 2. The minimum absolute atomic E-state index is 0.0513. The minimum atomic E-state index is -5.01. The number of aliphatic imine (C=N–C) groups is 1. The highest BCUT2D eigenvalue weighted by molar-refractivity contribution is 8.26. The van der Waals surface area contributed by atoms with E-state index in [4.69, 9.17) is 15.9 Å². The zero-order valence-electron chi connectivity index (χ0n) is 18.2. The van der Waals surface area contributed by atoms with Crippen molar-refractivity contribution in [1.82, 2.24) is 9.88 Å². The quantitative estimate of drug-likeness (QED) is 0.397. The van der Waals surface area contributed by atoms with Crippen molar-refractivity contribution in [3.8, 4) is 5.75 Å². The number of hydrogen-bond acceptors (Lipinski definition) is 8. The van der Waals surface area contributed by atoms with Gasteiger partial charge < -0.3 is 20.5 Å². The van der Waals surface area contributed by atoms with Gasteiger partial charge >= 0.3 is 6.36 Å². The van der Waals surface area contributed by atoms with Gasteiger partial charge in [0.2, 0.25) is 5.91 Å². The molecule has 186 valence electrons. The lowest BCUT2D eigenvalue weighted by Gasteiger charge is -2.26. The predicted octanol–water partition coefficient (Wildman–Crippen LogP) is 2.46. The molecule has 0 saturated carbocycles. The summed E-state index contributed by atoms with van der Waals surface area (Å²) in [7, 11) is 0. The number of rotatable bonds is 6. The van der Waals surface area contributed by atoms with E-state index in [0.717, 1.165) is 18.2 Å². The monoisotopic (exact) mass is 510 g/mol. The number of hydrogen-bond donors (Lipinski definition) is 3. The molecular formula is C21H21F3N6O4S. The number of alkyl halides is 3. The van der Waals surface area contributed by atoms with Crippen LogP contribution in [0.5, 0.6) is 5.75 Å². The van der Waals surface area contributed by atoms with E-state index >= 15 is 0 Å². The standard InChI is InChI=1S/C21H21F3N6O4S/c22-21(23,24)34-16-5-4-13(11-15(16)28-17(31)12-30-7-9-33-10-8-30)19(32)29-20(26)35-18(25)14-3-1-2-6-27-14/h1-6,11,25H,7-10,12H2,(H,28,31)(H2,26,29,32). The van der Waals surface area contributed by atoms with Crippen LogP contribution in [-0.2, 0) is 9.53 Å². The Bertz CT molecular complexity index is 1110. The van der Waals surface area contributed by atoms with Gasteiger partial charge in [0.1, 0.15) is 5.04 Å². The zero-order valence-corrected chi connectivity index (χ0v) is 19.0. The van der Waals surface area contributed by atoms with Gasteiger partial charge in [-0.2, -0.15) is 4.99 Å². The number of benzene rings is 1. The third-order valence-electron chi connectivity index (χ3n) is 4.51. The van der Waals surface area contributed by atoms with Crippen LogP contribution in [0.4, 0.5) is 18.9 Å². The van der Waals surface area contributed by atoms with Crippen molar-refractivity contribution in [2.45, 2.75) is 6.36 Å². The molecule has 35 heavy (non-hydrogen) atoms. The molecular weight excluding hydrogens is 489 g/mol. The fraction of sp³-hybridized carbons (Fsp3) is 0.286. The number of aromatic nitrogens is 1. The Morgan fingerprint density at radius 1 is 1.26 bits per heavy atom. The highest BCUT2D eigenvalue weighted by atomic mass is 32.2. The Labute approximate surface area is 202 Å². The molecule has 1 fully saturated rings. The summed E-state index contributed by atoms with van der Waals surface area (Å²) >= 11 is 0.690. The topological polar surface area (TPSA) is 143 Å². The Morgan fingerprint density at radius 2 is 2.00 bits per heavy atom. The second kappa shape index (κ2) is 11.8. The van der Waals surface area contributed by atoms with Crippen molar-refractivity contribution in [1.29, 1.82) is 5.41 Å². The van der Waals surface area contributed by atoms with Gasteiger partial charge in [-0.3, -0.25) is 24.9 Å². The number of amides is 2. The van der Waals surface area contributed by atoms with Crippen molar-refractivity contribution < 1.29 is 32.2 Å². The van der Waals surface area contributed by atoms with E-state index in [2.05, 4.69) is 20.0 Å². The molecule has 0 unspecified atom stereocenters. The van der Waals surface area contributed by atoms with Gasteiger partial charge in [0.25, 0.3) is 5.91 Å². The second-order valence-corrected chi connectivity index (χ2v) is 8.13. The van der Waals surface area contributed by atoms with Crippen LogP contribution in [0.2, 0.25) is 0 Å². The summed E-state index contributed by atoms with van der Waals surface area (Å²) in [6.45, 7) is 1.79. The number of pyridine rings is 1. The highest BCUT2D eigenvalue weighted by Gasteiger charge is 2.32. The number of amidine groups is 1. The molecule has 1 aliphatic rings. The molecule has 2 amide bonds. The van der Waals surface area contributed by atoms with E-state index in [9.17, 15) is 22.8 Å². The Balaban J connectivity index is 1.75. The average Bonchev–Trinajstić information content (AvgIpc) is 2.80. The second-order valence-electron chi connectivity index (χ2n) is 7.10. The van der Waals surface area contributed by atoms with Gasteiger partial charge in [-0.05, 0) is 42.1 Å². The van der Waals surface area contributed by atoms with Crippen molar-refractivity contribution >= 4 is 39.5 Å². The maximum absolute atomic E-state index is 12.8. The van der Waals surface area contributed by atoms with E-state index in [-0.39, 0.29) is 28.0 Å². The van der Waals surface area contributed by atoms with E-state index in [1.165, 1.54) is 6.20 Å². The van der Waals surface area contributed by atoms with Gasteiger partial charge in [0.05, 0.1) is 31.1 Å². The van der Waals surface area contributed by atoms with Crippen LogP contribution in [0.15, 0.2) is 47.6 Å². The number of morpholine rings is 1. The molecule has 0 bridgehead atoms. The first kappa shape index (κ1) is 26.1. The van der Waals surface area contributed by atoms with E-state index < -0.39 is 23.9 Å². The Kier molecular flexibility index (Phi) is 8.78. The molecule has 2 heterocycles.